The van der Waals surface area contributed by atoms with Crippen LogP contribution in [0.25, 0.3) is 0 Å². The predicted octanol–water partition coefficient (Wildman–Crippen LogP) is 1.27. The highest BCUT2D eigenvalue weighted by Gasteiger charge is 2.27. The average Bonchev–Trinajstić information content (AvgIpc) is 2.95. The second-order valence-electron chi connectivity index (χ2n) is 4.56. The summed E-state index contributed by atoms with van der Waals surface area (Å²) in [6.45, 7) is 5.17. The molecule has 1 unspecified atom stereocenters. The highest BCUT2D eigenvalue weighted by atomic mass is 16.7. The van der Waals surface area contributed by atoms with Gasteiger partial charge in [-0.25, -0.2) is 0 Å². The van der Waals surface area contributed by atoms with Crippen molar-refractivity contribution in [1.82, 2.24) is 9.78 Å². The van der Waals surface area contributed by atoms with Crippen molar-refractivity contribution in [1.29, 1.82) is 0 Å². The molecule has 0 radical (unpaired) electrons. The largest absolute Gasteiger partial charge is 0.493 e. The van der Waals surface area contributed by atoms with Crippen LogP contribution < -0.4 is 4.74 Å². The van der Waals surface area contributed by atoms with Crippen molar-refractivity contribution in [2.45, 2.75) is 38.7 Å². The number of aliphatic hydroxyl groups is 1. The summed E-state index contributed by atoms with van der Waals surface area (Å²) in [5.41, 5.74) is 0.673. The van der Waals surface area contributed by atoms with E-state index in [0.717, 1.165) is 0 Å². The third-order valence-electron chi connectivity index (χ3n) is 2.93. The molecule has 6 heteroatoms. The molecule has 2 heterocycles. The normalized spacial score (nSPS) is 18.5. The second kappa shape index (κ2) is 5.69. The molecule has 0 bridgehead atoms. The Morgan fingerprint density at radius 3 is 2.72 bits per heavy atom. The average molecular weight is 256 g/mol. The number of aliphatic hydroxyl groups excluding tert-OH is 1. The van der Waals surface area contributed by atoms with Crippen LogP contribution in [0.2, 0.25) is 0 Å². The molecule has 6 nitrogen and oxygen atoms in total. The van der Waals surface area contributed by atoms with Crippen LogP contribution in [-0.4, -0.2) is 41.5 Å². The number of hydrogen-bond donors (Lipinski definition) is 1. The molecule has 0 saturated carbocycles. The highest BCUT2D eigenvalue weighted by molar-refractivity contribution is 5.27. The summed E-state index contributed by atoms with van der Waals surface area (Å²) in [4.78, 5) is 0. The van der Waals surface area contributed by atoms with E-state index in [0.29, 0.717) is 31.1 Å². The van der Waals surface area contributed by atoms with Gasteiger partial charge in [0.05, 0.1) is 26.5 Å². The number of methoxy groups -OCH3 is 1. The molecular formula is C12H20N2O4. The zero-order chi connectivity index (χ0) is 13.1. The quantitative estimate of drug-likeness (QED) is 0.859. The van der Waals surface area contributed by atoms with Crippen LogP contribution in [0.4, 0.5) is 0 Å². The lowest BCUT2D eigenvalue weighted by Crippen LogP contribution is -2.18. The molecule has 1 aromatic rings. The SMILES string of the molecule is COc1cnn(C(C)C)c1C(O)CC1OCCO1. The Bertz CT molecular complexity index is 385. The summed E-state index contributed by atoms with van der Waals surface area (Å²) in [6, 6.07) is 0.156. The van der Waals surface area contributed by atoms with Gasteiger partial charge in [0, 0.05) is 12.5 Å². The number of rotatable bonds is 5. The molecule has 1 aliphatic heterocycles. The summed E-state index contributed by atoms with van der Waals surface area (Å²) in [5, 5.41) is 14.5. The lowest BCUT2D eigenvalue weighted by atomic mass is 10.1. The Hall–Kier alpha value is -1.11. The van der Waals surface area contributed by atoms with Crippen molar-refractivity contribution in [3.05, 3.63) is 11.9 Å². The van der Waals surface area contributed by atoms with Crippen molar-refractivity contribution in [2.75, 3.05) is 20.3 Å². The minimum Gasteiger partial charge on any atom is -0.493 e. The van der Waals surface area contributed by atoms with E-state index >= 15 is 0 Å². The lowest BCUT2D eigenvalue weighted by molar-refractivity contribution is -0.0723. The first kappa shape index (κ1) is 13.3. The maximum atomic E-state index is 10.3. The van der Waals surface area contributed by atoms with E-state index in [4.69, 9.17) is 14.2 Å². The monoisotopic (exact) mass is 256 g/mol. The minimum absolute atomic E-state index is 0.156. The molecule has 0 amide bonds. The molecule has 1 N–H and O–H groups in total. The maximum Gasteiger partial charge on any atom is 0.162 e. The number of hydrogen-bond acceptors (Lipinski definition) is 5. The molecule has 0 spiro atoms. The van der Waals surface area contributed by atoms with Crippen LogP contribution >= 0.6 is 0 Å². The standard InChI is InChI=1S/C12H20N2O4/c1-8(2)14-12(10(16-3)7-13-14)9(15)6-11-17-4-5-18-11/h7-9,11,15H,4-6H2,1-3H3. The lowest BCUT2D eigenvalue weighted by Gasteiger charge is -2.19. The van der Waals surface area contributed by atoms with Gasteiger partial charge in [0.25, 0.3) is 0 Å². The van der Waals surface area contributed by atoms with Crippen LogP contribution in [0.3, 0.4) is 0 Å². The third-order valence-corrected chi connectivity index (χ3v) is 2.93. The van der Waals surface area contributed by atoms with Gasteiger partial charge < -0.3 is 19.3 Å². The van der Waals surface area contributed by atoms with Crippen LogP contribution in [0, 0.1) is 0 Å². The molecule has 0 aliphatic carbocycles. The van der Waals surface area contributed by atoms with Crippen molar-refractivity contribution >= 4 is 0 Å². The van der Waals surface area contributed by atoms with E-state index in [1.54, 1.807) is 18.0 Å². The topological polar surface area (TPSA) is 65.7 Å². The number of ether oxygens (including phenoxy) is 3. The molecule has 18 heavy (non-hydrogen) atoms. The van der Waals surface area contributed by atoms with Gasteiger partial charge in [0.15, 0.2) is 12.0 Å². The minimum atomic E-state index is -0.715. The fourth-order valence-corrected chi connectivity index (χ4v) is 2.08. The Morgan fingerprint density at radius 2 is 2.17 bits per heavy atom. The van der Waals surface area contributed by atoms with Gasteiger partial charge in [-0.15, -0.1) is 0 Å². The van der Waals surface area contributed by atoms with Gasteiger partial charge in [-0.2, -0.15) is 5.10 Å². The zero-order valence-electron chi connectivity index (χ0n) is 11.0. The Labute approximate surface area is 106 Å². The molecule has 1 atom stereocenters. The molecule has 1 fully saturated rings. The Morgan fingerprint density at radius 1 is 1.50 bits per heavy atom. The fraction of sp³-hybridized carbons (Fsp3) is 0.750. The molecule has 2 rings (SSSR count). The number of nitrogens with zero attached hydrogens (tertiary/aromatic N) is 2. The summed E-state index contributed by atoms with van der Waals surface area (Å²) in [5.74, 6) is 0.592. The highest BCUT2D eigenvalue weighted by Crippen LogP contribution is 2.31. The van der Waals surface area contributed by atoms with E-state index in [-0.39, 0.29) is 12.3 Å². The van der Waals surface area contributed by atoms with E-state index in [2.05, 4.69) is 5.10 Å². The predicted molar refractivity (Wildman–Crippen MR) is 64.4 cm³/mol. The van der Waals surface area contributed by atoms with E-state index in [1.165, 1.54) is 0 Å². The first-order valence-corrected chi connectivity index (χ1v) is 6.16. The maximum absolute atomic E-state index is 10.3. The van der Waals surface area contributed by atoms with Gasteiger partial charge in [-0.05, 0) is 13.8 Å². The van der Waals surface area contributed by atoms with Crippen molar-refractivity contribution < 1.29 is 19.3 Å². The van der Waals surface area contributed by atoms with Crippen LogP contribution in [0.1, 0.15) is 38.1 Å². The summed E-state index contributed by atoms with van der Waals surface area (Å²) in [6.07, 6.45) is 0.942. The van der Waals surface area contributed by atoms with Crippen LogP contribution in [-0.2, 0) is 9.47 Å². The summed E-state index contributed by atoms with van der Waals surface area (Å²) >= 11 is 0. The molecule has 1 saturated heterocycles. The Balaban J connectivity index is 2.16. The first-order chi connectivity index (χ1) is 8.63. The van der Waals surface area contributed by atoms with Crippen molar-refractivity contribution in [3.8, 4) is 5.75 Å². The fourth-order valence-electron chi connectivity index (χ4n) is 2.08. The third kappa shape index (κ3) is 2.66. The summed E-state index contributed by atoms with van der Waals surface area (Å²) < 4.78 is 17.7. The molecule has 0 aromatic carbocycles. The van der Waals surface area contributed by atoms with Gasteiger partial charge in [-0.1, -0.05) is 0 Å². The smallest absolute Gasteiger partial charge is 0.162 e. The molecule has 1 aliphatic rings. The van der Waals surface area contributed by atoms with Crippen LogP contribution in [0.5, 0.6) is 5.75 Å². The Kier molecular flexibility index (Phi) is 4.21. The van der Waals surface area contributed by atoms with Crippen molar-refractivity contribution in [3.63, 3.8) is 0 Å². The van der Waals surface area contributed by atoms with Gasteiger partial charge in [0.1, 0.15) is 11.8 Å². The van der Waals surface area contributed by atoms with E-state index in [1.807, 2.05) is 13.8 Å². The van der Waals surface area contributed by atoms with Gasteiger partial charge >= 0.3 is 0 Å². The van der Waals surface area contributed by atoms with E-state index < -0.39 is 6.10 Å². The first-order valence-electron chi connectivity index (χ1n) is 6.16. The van der Waals surface area contributed by atoms with Gasteiger partial charge in [-0.3, -0.25) is 4.68 Å². The van der Waals surface area contributed by atoms with Gasteiger partial charge in [0.2, 0.25) is 0 Å². The summed E-state index contributed by atoms with van der Waals surface area (Å²) in [7, 11) is 1.57. The molecule has 1 aromatic heterocycles. The molecular weight excluding hydrogens is 236 g/mol. The van der Waals surface area contributed by atoms with E-state index in [9.17, 15) is 5.11 Å². The second-order valence-corrected chi connectivity index (χ2v) is 4.56. The van der Waals surface area contributed by atoms with Crippen molar-refractivity contribution in [2.24, 2.45) is 0 Å². The number of aromatic nitrogens is 2. The van der Waals surface area contributed by atoms with Crippen LogP contribution in [0.15, 0.2) is 6.20 Å². The zero-order valence-corrected chi connectivity index (χ0v) is 11.0. The molecule has 102 valence electrons.